The quantitative estimate of drug-likeness (QED) is 0.876. The second-order valence-electron chi connectivity index (χ2n) is 5.90. The molecule has 2 N–H and O–H groups in total. The van der Waals surface area contributed by atoms with Crippen molar-refractivity contribution in [3.8, 4) is 11.5 Å². The molecule has 2 aromatic rings. The van der Waals surface area contributed by atoms with E-state index in [1.165, 1.54) is 0 Å². The van der Waals surface area contributed by atoms with Crippen LogP contribution in [0.25, 0.3) is 0 Å². The van der Waals surface area contributed by atoms with E-state index in [4.69, 9.17) is 9.47 Å². The molecule has 0 aliphatic carbocycles. The maximum Gasteiger partial charge on any atom is 0.251 e. The minimum atomic E-state index is -0.336. The molecule has 0 saturated heterocycles. The smallest absolute Gasteiger partial charge is 0.251 e. The summed E-state index contributed by atoms with van der Waals surface area (Å²) in [5, 5.41) is 5.50. The molecule has 1 heterocycles. The first kappa shape index (κ1) is 16.8. The summed E-state index contributed by atoms with van der Waals surface area (Å²) >= 11 is 0. The number of hydrogen-bond acceptors (Lipinski definition) is 4. The molecular formula is C19H20N2O4. The van der Waals surface area contributed by atoms with Gasteiger partial charge in [0.1, 0.15) is 0 Å². The van der Waals surface area contributed by atoms with Crippen molar-refractivity contribution < 1.29 is 19.1 Å². The summed E-state index contributed by atoms with van der Waals surface area (Å²) < 4.78 is 10.5. The van der Waals surface area contributed by atoms with Crippen LogP contribution in [0, 0.1) is 6.92 Å². The average molecular weight is 340 g/mol. The lowest BCUT2D eigenvalue weighted by Crippen LogP contribution is -2.38. The Morgan fingerprint density at radius 1 is 1.12 bits per heavy atom. The molecule has 130 valence electrons. The summed E-state index contributed by atoms with van der Waals surface area (Å²) in [6.07, 6.45) is 0. The SMILES string of the molecule is Cc1ccccc1[C@@H](C)NC(=O)CNC(=O)c1ccc2c(c1)OCO2. The predicted molar refractivity (Wildman–Crippen MR) is 92.6 cm³/mol. The average Bonchev–Trinajstić information content (AvgIpc) is 3.07. The van der Waals surface area contributed by atoms with Crippen molar-refractivity contribution in [2.75, 3.05) is 13.3 Å². The van der Waals surface area contributed by atoms with Crippen molar-refractivity contribution in [3.05, 3.63) is 59.2 Å². The van der Waals surface area contributed by atoms with E-state index in [9.17, 15) is 9.59 Å². The third kappa shape index (κ3) is 3.91. The van der Waals surface area contributed by atoms with E-state index in [-0.39, 0.29) is 31.2 Å². The Morgan fingerprint density at radius 2 is 1.88 bits per heavy atom. The van der Waals surface area contributed by atoms with Crippen molar-refractivity contribution >= 4 is 11.8 Å². The Kier molecular flexibility index (Phi) is 4.88. The van der Waals surface area contributed by atoms with Crippen LogP contribution >= 0.6 is 0 Å². The summed E-state index contributed by atoms with van der Waals surface area (Å²) in [5.74, 6) is 0.563. The van der Waals surface area contributed by atoms with Gasteiger partial charge in [0.2, 0.25) is 12.7 Å². The fraction of sp³-hybridized carbons (Fsp3) is 0.263. The van der Waals surface area contributed by atoms with Crippen LogP contribution in [0.2, 0.25) is 0 Å². The highest BCUT2D eigenvalue weighted by Crippen LogP contribution is 2.32. The lowest BCUT2D eigenvalue weighted by atomic mass is 10.0. The molecule has 6 nitrogen and oxygen atoms in total. The number of nitrogens with one attached hydrogen (secondary N) is 2. The Balaban J connectivity index is 1.53. The van der Waals surface area contributed by atoms with Crippen molar-refractivity contribution in [2.45, 2.75) is 19.9 Å². The fourth-order valence-electron chi connectivity index (χ4n) is 2.74. The summed E-state index contributed by atoms with van der Waals surface area (Å²) in [5.41, 5.74) is 2.58. The second kappa shape index (κ2) is 7.25. The molecule has 0 spiro atoms. The molecule has 0 saturated carbocycles. The molecule has 1 aliphatic heterocycles. The second-order valence-corrected chi connectivity index (χ2v) is 5.90. The normalized spacial score (nSPS) is 13.2. The zero-order valence-electron chi connectivity index (χ0n) is 14.2. The van der Waals surface area contributed by atoms with Crippen LogP contribution in [0.3, 0.4) is 0 Å². The van der Waals surface area contributed by atoms with E-state index in [1.807, 2.05) is 38.1 Å². The highest BCUT2D eigenvalue weighted by atomic mass is 16.7. The lowest BCUT2D eigenvalue weighted by Gasteiger charge is -2.16. The van der Waals surface area contributed by atoms with Crippen LogP contribution in [0.5, 0.6) is 11.5 Å². The third-order valence-corrected chi connectivity index (χ3v) is 4.08. The molecule has 1 atom stereocenters. The monoisotopic (exact) mass is 340 g/mol. The Bertz CT molecular complexity index is 804. The number of hydrogen-bond donors (Lipinski definition) is 2. The molecule has 0 fully saturated rings. The first-order valence-corrected chi connectivity index (χ1v) is 8.07. The fourth-order valence-corrected chi connectivity index (χ4v) is 2.74. The molecule has 3 rings (SSSR count). The number of carbonyl (C=O) groups excluding carboxylic acids is 2. The number of rotatable bonds is 5. The van der Waals surface area contributed by atoms with E-state index in [0.29, 0.717) is 17.1 Å². The Hall–Kier alpha value is -3.02. The van der Waals surface area contributed by atoms with Gasteiger partial charge in [0.05, 0.1) is 12.6 Å². The summed E-state index contributed by atoms with van der Waals surface area (Å²) in [4.78, 5) is 24.3. The highest BCUT2D eigenvalue weighted by Gasteiger charge is 2.17. The Morgan fingerprint density at radius 3 is 2.68 bits per heavy atom. The Labute approximate surface area is 146 Å². The van der Waals surface area contributed by atoms with Gasteiger partial charge in [-0.15, -0.1) is 0 Å². The maximum atomic E-state index is 12.2. The van der Waals surface area contributed by atoms with Gasteiger partial charge in [0, 0.05) is 5.56 Å². The number of benzene rings is 2. The van der Waals surface area contributed by atoms with Crippen LogP contribution in [0.1, 0.15) is 34.5 Å². The van der Waals surface area contributed by atoms with E-state index in [2.05, 4.69) is 10.6 Å². The van der Waals surface area contributed by atoms with Crippen molar-refractivity contribution in [1.82, 2.24) is 10.6 Å². The largest absolute Gasteiger partial charge is 0.454 e. The van der Waals surface area contributed by atoms with E-state index >= 15 is 0 Å². The van der Waals surface area contributed by atoms with Crippen molar-refractivity contribution in [2.24, 2.45) is 0 Å². The maximum absolute atomic E-state index is 12.2. The van der Waals surface area contributed by atoms with E-state index in [1.54, 1.807) is 18.2 Å². The zero-order chi connectivity index (χ0) is 17.8. The van der Waals surface area contributed by atoms with Crippen LogP contribution < -0.4 is 20.1 Å². The van der Waals surface area contributed by atoms with Crippen molar-refractivity contribution in [3.63, 3.8) is 0 Å². The number of aryl methyl sites for hydroxylation is 1. The molecule has 25 heavy (non-hydrogen) atoms. The molecule has 1 aliphatic rings. The van der Waals surface area contributed by atoms with Gasteiger partial charge in [-0.05, 0) is 43.2 Å². The van der Waals surface area contributed by atoms with Gasteiger partial charge in [-0.25, -0.2) is 0 Å². The molecule has 2 aromatic carbocycles. The van der Waals surface area contributed by atoms with Crippen LogP contribution in [-0.4, -0.2) is 25.2 Å². The molecular weight excluding hydrogens is 320 g/mol. The third-order valence-electron chi connectivity index (χ3n) is 4.08. The molecule has 6 heteroatoms. The van der Waals surface area contributed by atoms with Gasteiger partial charge in [0.25, 0.3) is 5.91 Å². The van der Waals surface area contributed by atoms with E-state index in [0.717, 1.165) is 11.1 Å². The van der Waals surface area contributed by atoms with Crippen LogP contribution in [-0.2, 0) is 4.79 Å². The summed E-state index contributed by atoms with van der Waals surface area (Å²) in [7, 11) is 0. The minimum Gasteiger partial charge on any atom is -0.454 e. The molecule has 0 unspecified atom stereocenters. The number of ether oxygens (including phenoxy) is 2. The first-order chi connectivity index (χ1) is 12.0. The predicted octanol–water partition coefficient (Wildman–Crippen LogP) is 2.33. The van der Waals surface area contributed by atoms with Gasteiger partial charge in [0.15, 0.2) is 11.5 Å². The molecule has 2 amide bonds. The number of fused-ring (bicyclic) bond motifs is 1. The van der Waals surface area contributed by atoms with Gasteiger partial charge in [-0.3, -0.25) is 9.59 Å². The van der Waals surface area contributed by atoms with Gasteiger partial charge < -0.3 is 20.1 Å². The summed E-state index contributed by atoms with van der Waals surface area (Å²) in [6.45, 7) is 3.97. The minimum absolute atomic E-state index is 0.0938. The number of amides is 2. The molecule has 0 aromatic heterocycles. The van der Waals surface area contributed by atoms with E-state index < -0.39 is 0 Å². The van der Waals surface area contributed by atoms with Gasteiger partial charge >= 0.3 is 0 Å². The summed E-state index contributed by atoms with van der Waals surface area (Å²) in [6, 6.07) is 12.7. The van der Waals surface area contributed by atoms with Gasteiger partial charge in [-0.2, -0.15) is 0 Å². The van der Waals surface area contributed by atoms with Crippen LogP contribution in [0.15, 0.2) is 42.5 Å². The standard InChI is InChI=1S/C19H20N2O4/c1-12-5-3-4-6-15(12)13(2)21-18(22)10-20-19(23)14-7-8-16-17(9-14)25-11-24-16/h3-9,13H,10-11H2,1-2H3,(H,20,23)(H,21,22)/t13-/m1/s1. The molecule has 0 bridgehead atoms. The first-order valence-electron chi connectivity index (χ1n) is 8.07. The lowest BCUT2D eigenvalue weighted by molar-refractivity contribution is -0.120. The van der Waals surface area contributed by atoms with Crippen molar-refractivity contribution in [1.29, 1.82) is 0 Å². The van der Waals surface area contributed by atoms with Crippen LogP contribution in [0.4, 0.5) is 0 Å². The highest BCUT2D eigenvalue weighted by molar-refractivity contribution is 5.97. The number of carbonyl (C=O) groups is 2. The molecule has 0 radical (unpaired) electrons. The topological polar surface area (TPSA) is 76.7 Å². The van der Waals surface area contributed by atoms with Gasteiger partial charge in [-0.1, -0.05) is 24.3 Å². The zero-order valence-corrected chi connectivity index (χ0v) is 14.2.